The Hall–Kier alpha value is -1.64. The van der Waals surface area contributed by atoms with Gasteiger partial charge in [-0.15, -0.1) is 0 Å². The molecule has 2 heterocycles. The van der Waals surface area contributed by atoms with Crippen LogP contribution in [0.2, 0.25) is 0 Å². The summed E-state index contributed by atoms with van der Waals surface area (Å²) in [6.07, 6.45) is 6.80. The van der Waals surface area contributed by atoms with Crippen molar-refractivity contribution < 1.29 is 4.79 Å². The summed E-state index contributed by atoms with van der Waals surface area (Å²) in [5, 5.41) is 0.948. The minimum absolute atomic E-state index is 0.731. The van der Waals surface area contributed by atoms with Gasteiger partial charge in [-0.05, 0) is 18.6 Å². The average Bonchev–Trinajstić information content (AvgIpc) is 2.65. The minimum Gasteiger partial charge on any atom is -0.332 e. The first-order valence-electron chi connectivity index (χ1n) is 5.26. The normalized spacial score (nSPS) is 10.7. The number of pyridine rings is 1. The standard InChI is InChI=1S/C12H14N2O/c1-2-3-7-14-8-10(9-15)11-5-4-6-13-12(11)14/h4-6,8-9H,2-3,7H2,1H3. The van der Waals surface area contributed by atoms with Gasteiger partial charge < -0.3 is 4.57 Å². The molecule has 2 rings (SSSR count). The second-order valence-electron chi connectivity index (χ2n) is 3.62. The number of rotatable bonds is 4. The van der Waals surface area contributed by atoms with E-state index in [1.807, 2.05) is 18.3 Å². The molecule has 0 spiro atoms. The van der Waals surface area contributed by atoms with Crippen molar-refractivity contribution in [2.75, 3.05) is 0 Å². The number of carbonyl (C=O) groups excluding carboxylic acids is 1. The van der Waals surface area contributed by atoms with Crippen LogP contribution in [-0.4, -0.2) is 15.8 Å². The molecule has 0 saturated carbocycles. The van der Waals surface area contributed by atoms with Crippen LogP contribution >= 0.6 is 0 Å². The van der Waals surface area contributed by atoms with Crippen molar-refractivity contribution in [2.24, 2.45) is 0 Å². The number of aromatic nitrogens is 2. The minimum atomic E-state index is 0.731. The summed E-state index contributed by atoms with van der Waals surface area (Å²) in [6, 6.07) is 3.80. The molecule has 0 bridgehead atoms. The molecule has 0 radical (unpaired) electrons. The summed E-state index contributed by atoms with van der Waals surface area (Å²) in [5.74, 6) is 0. The Morgan fingerprint density at radius 1 is 1.53 bits per heavy atom. The molecule has 3 heteroatoms. The van der Waals surface area contributed by atoms with Crippen molar-refractivity contribution >= 4 is 17.3 Å². The smallest absolute Gasteiger partial charge is 0.152 e. The van der Waals surface area contributed by atoms with Crippen LogP contribution in [0.15, 0.2) is 24.5 Å². The molecule has 0 unspecified atom stereocenters. The van der Waals surface area contributed by atoms with Gasteiger partial charge in [0.25, 0.3) is 0 Å². The molecule has 78 valence electrons. The monoisotopic (exact) mass is 202 g/mol. The van der Waals surface area contributed by atoms with Crippen LogP contribution in [0.3, 0.4) is 0 Å². The van der Waals surface area contributed by atoms with Gasteiger partial charge in [0.2, 0.25) is 0 Å². The second-order valence-corrected chi connectivity index (χ2v) is 3.62. The van der Waals surface area contributed by atoms with Crippen LogP contribution in [0.5, 0.6) is 0 Å². The molecule has 0 aliphatic heterocycles. The topological polar surface area (TPSA) is 34.9 Å². The highest BCUT2D eigenvalue weighted by atomic mass is 16.1. The fraction of sp³-hybridized carbons (Fsp3) is 0.333. The SMILES string of the molecule is CCCCn1cc(C=O)c2cccnc21. The van der Waals surface area contributed by atoms with E-state index >= 15 is 0 Å². The van der Waals surface area contributed by atoms with E-state index in [0.29, 0.717) is 0 Å². The lowest BCUT2D eigenvalue weighted by Gasteiger charge is -2.01. The first-order valence-corrected chi connectivity index (χ1v) is 5.26. The lowest BCUT2D eigenvalue weighted by atomic mass is 10.2. The first-order chi connectivity index (χ1) is 7.36. The Morgan fingerprint density at radius 2 is 2.40 bits per heavy atom. The third-order valence-corrected chi connectivity index (χ3v) is 2.54. The molecule has 0 fully saturated rings. The van der Waals surface area contributed by atoms with E-state index < -0.39 is 0 Å². The number of aryl methyl sites for hydroxylation is 1. The molecule has 2 aromatic rings. The van der Waals surface area contributed by atoms with Gasteiger partial charge >= 0.3 is 0 Å². The zero-order valence-electron chi connectivity index (χ0n) is 8.81. The van der Waals surface area contributed by atoms with Crippen LogP contribution in [-0.2, 0) is 6.54 Å². The summed E-state index contributed by atoms with van der Waals surface area (Å²) in [7, 11) is 0. The Balaban J connectivity index is 2.50. The summed E-state index contributed by atoms with van der Waals surface area (Å²) >= 11 is 0. The quantitative estimate of drug-likeness (QED) is 0.714. The summed E-state index contributed by atoms with van der Waals surface area (Å²) in [5.41, 5.74) is 1.64. The number of nitrogens with zero attached hydrogens (tertiary/aromatic N) is 2. The van der Waals surface area contributed by atoms with Gasteiger partial charge in [0.1, 0.15) is 5.65 Å². The van der Waals surface area contributed by atoms with Gasteiger partial charge in [0, 0.05) is 29.9 Å². The Kier molecular flexibility index (Phi) is 2.81. The Bertz CT molecular complexity index is 473. The average molecular weight is 202 g/mol. The van der Waals surface area contributed by atoms with Crippen molar-refractivity contribution in [1.29, 1.82) is 0 Å². The van der Waals surface area contributed by atoms with Crippen LogP contribution in [0.1, 0.15) is 30.1 Å². The molecular formula is C12H14N2O. The highest BCUT2D eigenvalue weighted by molar-refractivity contribution is 5.95. The van der Waals surface area contributed by atoms with Gasteiger partial charge in [-0.3, -0.25) is 4.79 Å². The molecule has 2 aromatic heterocycles. The van der Waals surface area contributed by atoms with Gasteiger partial charge in [-0.2, -0.15) is 0 Å². The Morgan fingerprint density at radius 3 is 3.13 bits per heavy atom. The molecule has 0 aliphatic carbocycles. The third kappa shape index (κ3) is 1.77. The Labute approximate surface area is 88.7 Å². The van der Waals surface area contributed by atoms with Gasteiger partial charge in [-0.1, -0.05) is 13.3 Å². The van der Waals surface area contributed by atoms with E-state index in [2.05, 4.69) is 16.5 Å². The molecule has 0 atom stereocenters. The molecular weight excluding hydrogens is 188 g/mol. The zero-order chi connectivity index (χ0) is 10.7. The second kappa shape index (κ2) is 4.26. The summed E-state index contributed by atoms with van der Waals surface area (Å²) in [4.78, 5) is 15.2. The molecule has 15 heavy (non-hydrogen) atoms. The van der Waals surface area contributed by atoms with Gasteiger partial charge in [0.05, 0.1) is 0 Å². The van der Waals surface area contributed by atoms with E-state index in [4.69, 9.17) is 0 Å². The van der Waals surface area contributed by atoms with Crippen LogP contribution in [0.25, 0.3) is 11.0 Å². The third-order valence-electron chi connectivity index (χ3n) is 2.54. The first kappa shape index (κ1) is 9.90. The van der Waals surface area contributed by atoms with Crippen molar-refractivity contribution in [3.05, 3.63) is 30.1 Å². The predicted molar refractivity (Wildman–Crippen MR) is 60.0 cm³/mol. The lowest BCUT2D eigenvalue weighted by molar-refractivity contribution is 0.112. The zero-order valence-corrected chi connectivity index (χ0v) is 8.81. The van der Waals surface area contributed by atoms with Crippen molar-refractivity contribution in [3.8, 4) is 0 Å². The highest BCUT2D eigenvalue weighted by Crippen LogP contribution is 2.18. The fourth-order valence-electron chi connectivity index (χ4n) is 1.74. The molecule has 0 saturated heterocycles. The van der Waals surface area contributed by atoms with Crippen LogP contribution in [0, 0.1) is 0 Å². The van der Waals surface area contributed by atoms with Crippen molar-refractivity contribution in [2.45, 2.75) is 26.3 Å². The molecule has 0 aliphatic rings. The maximum absolute atomic E-state index is 10.9. The number of fused-ring (bicyclic) bond motifs is 1. The number of hydrogen-bond acceptors (Lipinski definition) is 2. The van der Waals surface area contributed by atoms with Crippen molar-refractivity contribution in [3.63, 3.8) is 0 Å². The number of aldehydes is 1. The largest absolute Gasteiger partial charge is 0.332 e. The van der Waals surface area contributed by atoms with E-state index in [1.165, 1.54) is 0 Å². The summed E-state index contributed by atoms with van der Waals surface area (Å²) < 4.78 is 2.06. The number of hydrogen-bond donors (Lipinski definition) is 0. The van der Waals surface area contributed by atoms with E-state index in [9.17, 15) is 4.79 Å². The maximum Gasteiger partial charge on any atom is 0.152 e. The molecule has 0 N–H and O–H groups in total. The van der Waals surface area contributed by atoms with Crippen LogP contribution < -0.4 is 0 Å². The molecule has 0 amide bonds. The fourth-order valence-corrected chi connectivity index (χ4v) is 1.74. The number of unbranched alkanes of at least 4 members (excludes halogenated alkanes) is 1. The van der Waals surface area contributed by atoms with Crippen molar-refractivity contribution in [1.82, 2.24) is 9.55 Å². The number of carbonyl (C=O) groups is 1. The predicted octanol–water partition coefficient (Wildman–Crippen LogP) is 2.65. The molecule has 0 aromatic carbocycles. The van der Waals surface area contributed by atoms with E-state index in [-0.39, 0.29) is 0 Å². The van der Waals surface area contributed by atoms with Gasteiger partial charge in [0.15, 0.2) is 6.29 Å². The van der Waals surface area contributed by atoms with E-state index in [1.54, 1.807) is 6.20 Å². The lowest BCUT2D eigenvalue weighted by Crippen LogP contribution is -1.96. The maximum atomic E-state index is 10.9. The molecule has 3 nitrogen and oxygen atoms in total. The summed E-state index contributed by atoms with van der Waals surface area (Å²) in [6.45, 7) is 3.08. The van der Waals surface area contributed by atoms with Gasteiger partial charge in [-0.25, -0.2) is 4.98 Å². The van der Waals surface area contributed by atoms with E-state index in [0.717, 1.165) is 42.3 Å². The van der Waals surface area contributed by atoms with Crippen LogP contribution in [0.4, 0.5) is 0 Å². The highest BCUT2D eigenvalue weighted by Gasteiger charge is 2.07.